The zero-order valence-corrected chi connectivity index (χ0v) is 6.91. The van der Waals surface area contributed by atoms with Crippen LogP contribution in [0.1, 0.15) is 17.2 Å². The Morgan fingerprint density at radius 1 is 1.42 bits per heavy atom. The quantitative estimate of drug-likeness (QED) is 0.609. The van der Waals surface area contributed by atoms with Crippen molar-refractivity contribution < 1.29 is 5.11 Å². The molecule has 0 radical (unpaired) electrons. The van der Waals surface area contributed by atoms with Crippen molar-refractivity contribution in [3.8, 4) is 0 Å². The number of hydrogen-bond acceptors (Lipinski definition) is 2. The molecule has 1 unspecified atom stereocenters. The lowest BCUT2D eigenvalue weighted by molar-refractivity contribution is 0.228. The highest BCUT2D eigenvalue weighted by atomic mass is 16.3. The highest BCUT2D eigenvalue weighted by Crippen LogP contribution is 2.28. The zero-order chi connectivity index (χ0) is 8.55. The molecule has 0 amide bonds. The van der Waals surface area contributed by atoms with Gasteiger partial charge in [0.1, 0.15) is 6.10 Å². The van der Waals surface area contributed by atoms with Gasteiger partial charge in [0.15, 0.2) is 0 Å². The number of nitrogens with one attached hydrogen (secondary N) is 1. The third-order valence-electron chi connectivity index (χ3n) is 2.04. The molecule has 2 nitrogen and oxygen atoms in total. The lowest BCUT2D eigenvalue weighted by Crippen LogP contribution is -2.05. The van der Waals surface area contributed by atoms with Gasteiger partial charge in [0.2, 0.25) is 0 Å². The fourth-order valence-electron chi connectivity index (χ4n) is 1.39. The maximum atomic E-state index is 9.56. The predicted octanol–water partition coefficient (Wildman–Crippen LogP) is 1.97. The SMILES string of the molecule is Cc1ccc2c(c1)C(O)C=CN2. The summed E-state index contributed by atoms with van der Waals surface area (Å²) in [7, 11) is 0. The third-order valence-corrected chi connectivity index (χ3v) is 2.04. The maximum absolute atomic E-state index is 9.56. The van der Waals surface area contributed by atoms with E-state index in [0.29, 0.717) is 0 Å². The van der Waals surface area contributed by atoms with Crippen molar-refractivity contribution in [1.82, 2.24) is 0 Å². The molecule has 2 heteroatoms. The monoisotopic (exact) mass is 161 g/mol. The topological polar surface area (TPSA) is 32.3 Å². The van der Waals surface area contributed by atoms with Crippen molar-refractivity contribution in [2.45, 2.75) is 13.0 Å². The molecule has 0 aliphatic carbocycles. The summed E-state index contributed by atoms with van der Waals surface area (Å²) in [5.74, 6) is 0. The predicted molar refractivity (Wildman–Crippen MR) is 48.9 cm³/mol. The van der Waals surface area contributed by atoms with Crippen LogP contribution in [0.4, 0.5) is 5.69 Å². The summed E-state index contributed by atoms with van der Waals surface area (Å²) < 4.78 is 0. The van der Waals surface area contributed by atoms with Gasteiger partial charge < -0.3 is 10.4 Å². The van der Waals surface area contributed by atoms with Crippen LogP contribution in [0.2, 0.25) is 0 Å². The molecule has 1 atom stereocenters. The van der Waals surface area contributed by atoms with Crippen LogP contribution >= 0.6 is 0 Å². The number of hydrogen-bond donors (Lipinski definition) is 2. The van der Waals surface area contributed by atoms with E-state index in [1.807, 2.05) is 25.1 Å². The van der Waals surface area contributed by atoms with Gasteiger partial charge in [0.25, 0.3) is 0 Å². The van der Waals surface area contributed by atoms with E-state index < -0.39 is 6.10 Å². The summed E-state index contributed by atoms with van der Waals surface area (Å²) >= 11 is 0. The van der Waals surface area contributed by atoms with Crippen molar-refractivity contribution in [1.29, 1.82) is 0 Å². The van der Waals surface area contributed by atoms with Crippen molar-refractivity contribution >= 4 is 5.69 Å². The van der Waals surface area contributed by atoms with Crippen LogP contribution in [0.5, 0.6) is 0 Å². The van der Waals surface area contributed by atoms with Crippen LogP contribution in [0.25, 0.3) is 0 Å². The largest absolute Gasteiger partial charge is 0.384 e. The highest BCUT2D eigenvalue weighted by molar-refractivity contribution is 5.58. The van der Waals surface area contributed by atoms with E-state index >= 15 is 0 Å². The second-order valence-electron chi connectivity index (χ2n) is 3.04. The Hall–Kier alpha value is -1.28. The van der Waals surface area contributed by atoms with E-state index in [9.17, 15) is 5.11 Å². The summed E-state index contributed by atoms with van der Waals surface area (Å²) in [6.07, 6.45) is 3.05. The van der Waals surface area contributed by atoms with Crippen LogP contribution in [0.3, 0.4) is 0 Å². The van der Waals surface area contributed by atoms with E-state index in [-0.39, 0.29) is 0 Å². The normalized spacial score (nSPS) is 20.0. The number of rotatable bonds is 0. The summed E-state index contributed by atoms with van der Waals surface area (Å²) in [6, 6.07) is 6.01. The standard InChI is InChI=1S/C10H11NO/c1-7-2-3-9-8(6-7)10(12)4-5-11-9/h2-6,10-12H,1H3. The average Bonchev–Trinajstić information content (AvgIpc) is 2.07. The van der Waals surface area contributed by atoms with Crippen LogP contribution in [-0.4, -0.2) is 5.11 Å². The molecule has 2 rings (SSSR count). The number of benzene rings is 1. The Bertz CT molecular complexity index is 331. The number of aliphatic hydroxyl groups excluding tert-OH is 1. The average molecular weight is 161 g/mol. The van der Waals surface area contributed by atoms with Gasteiger partial charge in [-0.3, -0.25) is 0 Å². The second kappa shape index (κ2) is 2.64. The first-order valence-corrected chi connectivity index (χ1v) is 3.99. The van der Waals surface area contributed by atoms with Crippen LogP contribution in [0, 0.1) is 6.92 Å². The van der Waals surface area contributed by atoms with Gasteiger partial charge in [-0.2, -0.15) is 0 Å². The zero-order valence-electron chi connectivity index (χ0n) is 6.91. The number of aryl methyl sites for hydroxylation is 1. The molecule has 0 spiro atoms. The second-order valence-corrected chi connectivity index (χ2v) is 3.04. The lowest BCUT2D eigenvalue weighted by Gasteiger charge is -2.17. The summed E-state index contributed by atoms with van der Waals surface area (Å²) in [5.41, 5.74) is 3.12. The molecular formula is C10H11NO. The summed E-state index contributed by atoms with van der Waals surface area (Å²) in [5, 5.41) is 12.6. The van der Waals surface area contributed by atoms with Crippen molar-refractivity contribution in [2.75, 3.05) is 5.32 Å². The van der Waals surface area contributed by atoms with E-state index in [4.69, 9.17) is 0 Å². The molecule has 1 aromatic rings. The summed E-state index contributed by atoms with van der Waals surface area (Å²) in [6.45, 7) is 2.02. The van der Waals surface area contributed by atoms with Crippen molar-refractivity contribution in [3.05, 3.63) is 41.6 Å². The van der Waals surface area contributed by atoms with Crippen LogP contribution in [0.15, 0.2) is 30.5 Å². The Kier molecular flexibility index (Phi) is 1.62. The number of aliphatic hydroxyl groups is 1. The van der Waals surface area contributed by atoms with E-state index in [1.165, 1.54) is 5.56 Å². The molecule has 1 aliphatic heterocycles. The molecule has 0 bridgehead atoms. The maximum Gasteiger partial charge on any atom is 0.101 e. The van der Waals surface area contributed by atoms with Gasteiger partial charge >= 0.3 is 0 Å². The summed E-state index contributed by atoms with van der Waals surface area (Å²) in [4.78, 5) is 0. The van der Waals surface area contributed by atoms with Crippen molar-refractivity contribution in [3.63, 3.8) is 0 Å². The highest BCUT2D eigenvalue weighted by Gasteiger charge is 2.12. The van der Waals surface area contributed by atoms with Gasteiger partial charge in [-0.1, -0.05) is 17.7 Å². The fourth-order valence-corrected chi connectivity index (χ4v) is 1.39. The van der Waals surface area contributed by atoms with E-state index in [2.05, 4.69) is 5.32 Å². The molecule has 0 fully saturated rings. The van der Waals surface area contributed by atoms with Crippen LogP contribution < -0.4 is 5.32 Å². The molecule has 1 aliphatic rings. The molecule has 2 N–H and O–H groups in total. The number of anilines is 1. The lowest BCUT2D eigenvalue weighted by atomic mass is 10.0. The van der Waals surface area contributed by atoms with Gasteiger partial charge in [-0.05, 0) is 25.3 Å². The van der Waals surface area contributed by atoms with Gasteiger partial charge in [-0.25, -0.2) is 0 Å². The minimum atomic E-state index is -0.457. The molecule has 0 aromatic heterocycles. The molecule has 62 valence electrons. The van der Waals surface area contributed by atoms with E-state index in [0.717, 1.165) is 11.3 Å². The molecule has 0 saturated heterocycles. The molecule has 12 heavy (non-hydrogen) atoms. The number of fused-ring (bicyclic) bond motifs is 1. The fraction of sp³-hybridized carbons (Fsp3) is 0.200. The molecule has 0 saturated carbocycles. The smallest absolute Gasteiger partial charge is 0.101 e. The van der Waals surface area contributed by atoms with Gasteiger partial charge in [-0.15, -0.1) is 0 Å². The minimum Gasteiger partial charge on any atom is -0.384 e. The molecule has 1 heterocycles. The molecule has 1 aromatic carbocycles. The Morgan fingerprint density at radius 3 is 3.08 bits per heavy atom. The van der Waals surface area contributed by atoms with Gasteiger partial charge in [0, 0.05) is 11.3 Å². The Labute approximate surface area is 71.5 Å². The molecular weight excluding hydrogens is 150 g/mol. The van der Waals surface area contributed by atoms with Crippen LogP contribution in [-0.2, 0) is 0 Å². The van der Waals surface area contributed by atoms with E-state index in [1.54, 1.807) is 12.3 Å². The van der Waals surface area contributed by atoms with Gasteiger partial charge in [0.05, 0.1) is 0 Å². The first kappa shape index (κ1) is 7.37. The third kappa shape index (κ3) is 1.10. The Morgan fingerprint density at radius 2 is 2.25 bits per heavy atom. The Balaban J connectivity index is 2.52. The first-order chi connectivity index (χ1) is 5.77. The van der Waals surface area contributed by atoms with Crippen molar-refractivity contribution in [2.24, 2.45) is 0 Å². The minimum absolute atomic E-state index is 0.457. The first-order valence-electron chi connectivity index (χ1n) is 3.99.